The number of nitrogens with zero attached hydrogens (tertiary/aromatic N) is 3. The Hall–Kier alpha value is -4.49. The van der Waals surface area contributed by atoms with Crippen molar-refractivity contribution >= 4 is 48.2 Å². The number of para-hydroxylation sites is 2. The van der Waals surface area contributed by atoms with E-state index in [4.69, 9.17) is 4.42 Å². The van der Waals surface area contributed by atoms with Gasteiger partial charge in [0.1, 0.15) is 23.8 Å². The first-order chi connectivity index (χ1) is 24.8. The second-order valence-electron chi connectivity index (χ2n) is 15.5. The van der Waals surface area contributed by atoms with Gasteiger partial charge in [0.05, 0.1) is 0 Å². The molecule has 2 heterocycles. The van der Waals surface area contributed by atoms with E-state index in [-0.39, 0.29) is 22.4 Å². The second kappa shape index (κ2) is 19.4. The molecule has 0 aliphatic rings. The molecule has 0 spiro atoms. The lowest BCUT2D eigenvalue weighted by molar-refractivity contribution is -0.757. The third-order valence-electron chi connectivity index (χ3n) is 7.51. The Balaban J connectivity index is 0.000000703. The van der Waals surface area contributed by atoms with Crippen LogP contribution in [0.2, 0.25) is 0 Å². The summed E-state index contributed by atoms with van der Waals surface area (Å²) in [6, 6.07) is 17.9. The smallest absolute Gasteiger partial charge is 0.418 e. The summed E-state index contributed by atoms with van der Waals surface area (Å²) in [6.45, 7) is 28.0. The van der Waals surface area contributed by atoms with E-state index < -0.39 is 14.5 Å². The first-order valence-electron chi connectivity index (χ1n) is 17.5. The minimum atomic E-state index is -6.00. The van der Waals surface area contributed by atoms with Crippen LogP contribution in [0.4, 0.5) is 34.5 Å². The summed E-state index contributed by atoms with van der Waals surface area (Å²) in [5.74, 6) is 0.333. The molecule has 2 aromatic heterocycles. The van der Waals surface area contributed by atoms with Gasteiger partial charge in [0.25, 0.3) is 5.52 Å². The first kappa shape index (κ1) is 48.5. The second-order valence-corrected chi connectivity index (χ2v) is 15.5. The highest BCUT2D eigenvalue weighted by Gasteiger charge is 2.29. The Kier molecular flexibility index (Phi) is 17.1. The van der Waals surface area contributed by atoms with Crippen molar-refractivity contribution in [3.05, 3.63) is 89.1 Å². The molecule has 0 saturated carbocycles. The van der Waals surface area contributed by atoms with Crippen LogP contribution in [0, 0.1) is 20.8 Å². The van der Waals surface area contributed by atoms with Crippen LogP contribution >= 0.6 is 0 Å². The number of imidazole rings is 1. The number of rotatable bonds is 4. The molecule has 0 aliphatic heterocycles. The van der Waals surface area contributed by atoms with Gasteiger partial charge in [-0.15, -0.1) is 0 Å². The van der Waals surface area contributed by atoms with Crippen molar-refractivity contribution in [2.75, 3.05) is 0 Å². The average molecular weight is 785 g/mol. The number of hydrogen-bond acceptors (Lipinski definition) is 3. The maximum Gasteiger partial charge on any atom is 0.673 e. The Morgan fingerprint density at radius 3 is 1.55 bits per heavy atom. The normalized spacial score (nSPS) is 11.7. The molecule has 0 aliphatic carbocycles. The van der Waals surface area contributed by atoms with E-state index in [2.05, 4.69) is 131 Å². The Morgan fingerprint density at radius 1 is 0.673 bits per heavy atom. The van der Waals surface area contributed by atoms with E-state index in [9.17, 15) is 44.1 Å². The van der Waals surface area contributed by atoms with E-state index in [0.29, 0.717) is 0 Å². The van der Waals surface area contributed by atoms with Crippen LogP contribution in [-0.2, 0) is 33.5 Å². The number of ketones is 2. The molecule has 55 heavy (non-hydrogen) atoms. The van der Waals surface area contributed by atoms with Gasteiger partial charge in [0.2, 0.25) is 11.9 Å². The number of aryl methyl sites for hydroxylation is 5. The summed E-state index contributed by atoms with van der Waals surface area (Å²) >= 11 is 0. The Morgan fingerprint density at radius 2 is 1.11 bits per heavy atom. The number of aromatic nitrogens is 3. The van der Waals surface area contributed by atoms with Crippen molar-refractivity contribution in [1.82, 2.24) is 4.57 Å². The molecule has 5 rings (SSSR count). The SMILES string of the molecule is CC(C)=O.CC(C)=O.Cc1cc(C)c(-n2c[n+](CC[n+]3coc4c(C(C)(C)C)cc(C(C)(C)C)cc43)c3ccccc32)c(C)c1.F[B-](F)(F)F.F[B-](F)(F)F. The summed E-state index contributed by atoms with van der Waals surface area (Å²) in [5.41, 5.74) is 12.5. The van der Waals surface area contributed by atoms with E-state index in [1.807, 2.05) is 6.39 Å². The average Bonchev–Trinajstić information content (AvgIpc) is 3.53. The van der Waals surface area contributed by atoms with Crippen molar-refractivity contribution < 1.29 is 57.7 Å². The van der Waals surface area contributed by atoms with E-state index in [1.165, 1.54) is 77.7 Å². The van der Waals surface area contributed by atoms with Crippen LogP contribution in [0.5, 0.6) is 0 Å². The highest BCUT2D eigenvalue weighted by atomic mass is 19.5. The summed E-state index contributed by atoms with van der Waals surface area (Å²) < 4.78 is 91.2. The number of oxazole rings is 1. The summed E-state index contributed by atoms with van der Waals surface area (Å²) in [7, 11) is -12.0. The zero-order valence-corrected chi connectivity index (χ0v) is 33.9. The first-order valence-corrected chi connectivity index (χ1v) is 17.5. The van der Waals surface area contributed by atoms with Gasteiger partial charge in [-0.25, -0.2) is 4.57 Å². The molecule has 0 radical (unpaired) electrons. The van der Waals surface area contributed by atoms with Crippen molar-refractivity contribution in [1.29, 1.82) is 0 Å². The van der Waals surface area contributed by atoms with Gasteiger partial charge in [0.15, 0.2) is 17.6 Å². The molecule has 3 aromatic carbocycles. The zero-order chi connectivity index (χ0) is 42.9. The predicted octanol–water partition coefficient (Wildman–Crippen LogP) is 11.0. The highest BCUT2D eigenvalue weighted by molar-refractivity contribution is 6.50. The van der Waals surface area contributed by atoms with Crippen LogP contribution in [0.25, 0.3) is 27.8 Å². The quantitative estimate of drug-likeness (QED) is 0.104. The van der Waals surface area contributed by atoms with Gasteiger partial charge in [-0.1, -0.05) is 77.4 Å². The van der Waals surface area contributed by atoms with Crippen LogP contribution < -0.4 is 9.13 Å². The summed E-state index contributed by atoms with van der Waals surface area (Å²) in [6.07, 6.45) is 4.17. The fourth-order valence-corrected chi connectivity index (χ4v) is 5.59. The monoisotopic (exact) mass is 785 g/mol. The molecule has 0 atom stereocenters. The summed E-state index contributed by atoms with van der Waals surface area (Å²) in [4.78, 5) is 18.9. The van der Waals surface area contributed by atoms with Crippen molar-refractivity contribution in [2.45, 2.75) is 114 Å². The third kappa shape index (κ3) is 17.2. The van der Waals surface area contributed by atoms with Crippen LogP contribution in [0.15, 0.2) is 65.7 Å². The molecule has 0 saturated heterocycles. The molecule has 5 aromatic rings. The van der Waals surface area contributed by atoms with Gasteiger partial charge in [-0.3, -0.25) is 0 Å². The maximum atomic E-state index is 9.75. The molecule has 0 bridgehead atoms. The van der Waals surface area contributed by atoms with Crippen LogP contribution in [0.3, 0.4) is 0 Å². The van der Waals surface area contributed by atoms with Crippen LogP contribution in [0.1, 0.15) is 97.1 Å². The van der Waals surface area contributed by atoms with Crippen molar-refractivity contribution in [3.63, 3.8) is 0 Å². The van der Waals surface area contributed by atoms with Crippen molar-refractivity contribution in [2.24, 2.45) is 0 Å². The molecule has 0 amide bonds. The fourth-order valence-electron chi connectivity index (χ4n) is 5.59. The predicted molar refractivity (Wildman–Crippen MR) is 205 cm³/mol. The number of halogens is 8. The van der Waals surface area contributed by atoms with Gasteiger partial charge >= 0.3 is 20.9 Å². The minimum absolute atomic E-state index is 0.00111. The number of carbonyl (C=O) groups is 2. The van der Waals surface area contributed by atoms with E-state index in [0.717, 1.165) is 18.7 Å². The fraction of sp³-hybridized carbons (Fsp3) is 0.436. The lowest BCUT2D eigenvalue weighted by Gasteiger charge is -2.24. The molecular formula is C39H53B2F8N3O3. The summed E-state index contributed by atoms with van der Waals surface area (Å²) in [5, 5.41) is 0. The van der Waals surface area contributed by atoms with Gasteiger partial charge in [-0.2, -0.15) is 9.13 Å². The molecule has 0 N–H and O–H groups in total. The van der Waals surface area contributed by atoms with Crippen molar-refractivity contribution in [3.8, 4) is 5.69 Å². The van der Waals surface area contributed by atoms with E-state index >= 15 is 0 Å². The number of benzene rings is 3. The molecule has 16 heteroatoms. The molecular weight excluding hydrogens is 732 g/mol. The van der Waals surface area contributed by atoms with Crippen LogP contribution in [-0.4, -0.2) is 30.6 Å². The third-order valence-corrected chi connectivity index (χ3v) is 7.51. The zero-order valence-electron chi connectivity index (χ0n) is 33.9. The lowest BCUT2D eigenvalue weighted by Crippen LogP contribution is -2.43. The standard InChI is InChI=1S/C33H41N3O.2C3H6O.2BF4/c1-22-16-23(2)30(24(3)17-22)36-20-34(27-12-10-11-13-28(27)36)14-15-35-21-37-31-26(33(7,8)9)18-25(19-29(31)35)32(4,5)6;2*1-3(2)4;2*2-1(3,4)5/h10-13,16-21H,14-15H2,1-9H3;2*1-2H3;;/q+2;;;2*-1. The molecule has 6 nitrogen and oxygen atoms in total. The molecule has 304 valence electrons. The molecule has 0 unspecified atom stereocenters. The minimum Gasteiger partial charge on any atom is -0.418 e. The largest absolute Gasteiger partial charge is 0.673 e. The van der Waals surface area contributed by atoms with Gasteiger partial charge in [0, 0.05) is 11.6 Å². The molecule has 0 fully saturated rings. The lowest BCUT2D eigenvalue weighted by atomic mass is 9.80. The highest BCUT2D eigenvalue weighted by Crippen LogP contribution is 2.34. The topological polar surface area (TPSA) is 60.0 Å². The van der Waals surface area contributed by atoms with E-state index in [1.54, 1.807) is 0 Å². The maximum absolute atomic E-state index is 9.75. The number of fused-ring (bicyclic) bond motifs is 2. The van der Waals surface area contributed by atoms with Gasteiger partial charge < -0.3 is 48.5 Å². The number of hydrogen-bond donors (Lipinski definition) is 0. The van der Waals surface area contributed by atoms with Gasteiger partial charge in [-0.05, 0) is 88.1 Å². The number of Topliss-reactive ketones (excluding diaryl/α,β-unsaturated/α-hetero) is 2. The Labute approximate surface area is 318 Å². The number of carbonyl (C=O) groups excluding carboxylic acids is 2. The Bertz CT molecular complexity index is 1990.